The molecule has 0 bridgehead atoms. The first kappa shape index (κ1) is 22.0. The summed E-state index contributed by atoms with van der Waals surface area (Å²) >= 11 is 1.71. The van der Waals surface area contributed by atoms with Gasteiger partial charge in [-0.2, -0.15) is 0 Å². The Morgan fingerprint density at radius 2 is 1.97 bits per heavy atom. The third-order valence-electron chi connectivity index (χ3n) is 4.93. The van der Waals surface area contributed by atoms with Crippen molar-refractivity contribution in [2.24, 2.45) is 4.99 Å². The Labute approximate surface area is 179 Å². The van der Waals surface area contributed by atoms with Crippen LogP contribution in [0.1, 0.15) is 4.88 Å². The van der Waals surface area contributed by atoms with Crippen LogP contribution in [0.4, 0.5) is 14.5 Å². The van der Waals surface area contributed by atoms with Gasteiger partial charge in [-0.15, -0.1) is 11.3 Å². The van der Waals surface area contributed by atoms with Gasteiger partial charge in [0.15, 0.2) is 5.96 Å². The van der Waals surface area contributed by atoms with Crippen LogP contribution >= 0.6 is 11.3 Å². The molecule has 1 aromatic carbocycles. The number of aliphatic imine (C=N–C) groups is 1. The molecule has 1 N–H and O–H groups in total. The molecule has 30 heavy (non-hydrogen) atoms. The monoisotopic (exact) mass is 435 g/mol. The highest BCUT2D eigenvalue weighted by molar-refractivity contribution is 7.09. The second-order valence-corrected chi connectivity index (χ2v) is 8.29. The lowest BCUT2D eigenvalue weighted by molar-refractivity contribution is -0.127. The molecular formula is C21H27F2N5OS. The van der Waals surface area contributed by atoms with Crippen molar-refractivity contribution >= 4 is 28.9 Å². The van der Waals surface area contributed by atoms with Crippen molar-refractivity contribution in [1.82, 2.24) is 15.1 Å². The number of nitrogens with one attached hydrogen (secondary N) is 1. The number of carbonyl (C=O) groups excluding carboxylic acids is 1. The molecule has 0 aliphatic carbocycles. The molecule has 0 atom stereocenters. The van der Waals surface area contributed by atoms with Gasteiger partial charge in [0.05, 0.1) is 5.69 Å². The first-order valence-corrected chi connectivity index (χ1v) is 10.8. The van der Waals surface area contributed by atoms with Crippen molar-refractivity contribution in [3.05, 3.63) is 52.2 Å². The lowest BCUT2D eigenvalue weighted by Crippen LogP contribution is -2.53. The summed E-state index contributed by atoms with van der Waals surface area (Å²) in [5.74, 6) is -0.285. The summed E-state index contributed by atoms with van der Waals surface area (Å²) in [6.45, 7) is 3.02. The van der Waals surface area contributed by atoms with Crippen molar-refractivity contribution < 1.29 is 13.6 Å². The van der Waals surface area contributed by atoms with E-state index in [2.05, 4.69) is 21.3 Å². The van der Waals surface area contributed by atoms with Crippen molar-refractivity contribution in [2.45, 2.75) is 6.42 Å². The number of piperazine rings is 1. The van der Waals surface area contributed by atoms with Crippen molar-refractivity contribution in [1.29, 1.82) is 0 Å². The number of halogens is 2. The molecule has 162 valence electrons. The molecule has 0 unspecified atom stereocenters. The van der Waals surface area contributed by atoms with Gasteiger partial charge < -0.3 is 20.0 Å². The molecule has 3 rings (SSSR count). The highest BCUT2D eigenvalue weighted by Gasteiger charge is 2.22. The summed E-state index contributed by atoms with van der Waals surface area (Å²) in [5.41, 5.74) is 0.279. The van der Waals surface area contributed by atoms with E-state index in [1.54, 1.807) is 25.4 Å². The molecule has 9 heteroatoms. The SMILES string of the molecule is CN(C)C(=O)CN=C(NCCc1cccs1)N1CCN(c2cc(F)ccc2F)CC1. The van der Waals surface area contributed by atoms with Gasteiger partial charge in [-0.25, -0.2) is 13.8 Å². The number of benzene rings is 1. The van der Waals surface area contributed by atoms with Crippen LogP contribution in [-0.2, 0) is 11.2 Å². The molecule has 1 saturated heterocycles. The van der Waals surface area contributed by atoms with Gasteiger partial charge in [-0.3, -0.25) is 4.79 Å². The minimum Gasteiger partial charge on any atom is -0.366 e. The molecule has 1 aliphatic heterocycles. The zero-order chi connectivity index (χ0) is 21.5. The van der Waals surface area contributed by atoms with Gasteiger partial charge in [0.25, 0.3) is 0 Å². The van der Waals surface area contributed by atoms with E-state index in [9.17, 15) is 13.6 Å². The molecule has 1 aromatic heterocycles. The van der Waals surface area contributed by atoms with Gasteiger partial charge in [0.1, 0.15) is 18.2 Å². The summed E-state index contributed by atoms with van der Waals surface area (Å²) in [4.78, 5) is 23.2. The number of thiophene rings is 1. The average Bonchev–Trinajstić information content (AvgIpc) is 3.25. The zero-order valence-corrected chi connectivity index (χ0v) is 18.1. The van der Waals surface area contributed by atoms with E-state index in [4.69, 9.17) is 0 Å². The molecule has 0 spiro atoms. The first-order chi connectivity index (χ1) is 14.4. The van der Waals surface area contributed by atoms with Crippen LogP contribution in [0, 0.1) is 11.6 Å². The number of carbonyl (C=O) groups is 1. The van der Waals surface area contributed by atoms with Gasteiger partial charge in [0.2, 0.25) is 5.91 Å². The summed E-state index contributed by atoms with van der Waals surface area (Å²) < 4.78 is 27.6. The fourth-order valence-electron chi connectivity index (χ4n) is 3.19. The Kier molecular flexibility index (Phi) is 7.62. The Balaban J connectivity index is 1.63. The minimum absolute atomic E-state index is 0.0626. The number of likely N-dealkylation sites (N-methyl/N-ethyl adjacent to an activating group) is 1. The van der Waals surface area contributed by atoms with Crippen molar-refractivity contribution in [3.8, 4) is 0 Å². The van der Waals surface area contributed by atoms with Crippen LogP contribution in [0.2, 0.25) is 0 Å². The lowest BCUT2D eigenvalue weighted by atomic mass is 10.2. The predicted octanol–water partition coefficient (Wildman–Crippen LogP) is 2.42. The van der Waals surface area contributed by atoms with Crippen LogP contribution in [-0.4, -0.2) is 75.0 Å². The second kappa shape index (κ2) is 10.4. The summed E-state index contributed by atoms with van der Waals surface area (Å²) in [6.07, 6.45) is 0.868. The third kappa shape index (κ3) is 5.91. The third-order valence-corrected chi connectivity index (χ3v) is 5.86. The highest BCUT2D eigenvalue weighted by Crippen LogP contribution is 2.22. The topological polar surface area (TPSA) is 51.2 Å². The molecular weight excluding hydrogens is 408 g/mol. The number of nitrogens with zero attached hydrogens (tertiary/aromatic N) is 4. The largest absolute Gasteiger partial charge is 0.366 e. The predicted molar refractivity (Wildman–Crippen MR) is 117 cm³/mol. The van der Waals surface area contributed by atoms with Gasteiger partial charge in [0, 0.05) is 57.8 Å². The Morgan fingerprint density at radius 1 is 1.20 bits per heavy atom. The normalized spacial score (nSPS) is 14.7. The summed E-state index contributed by atoms with van der Waals surface area (Å²) in [5, 5.41) is 5.40. The van der Waals surface area contributed by atoms with Crippen LogP contribution < -0.4 is 10.2 Å². The highest BCUT2D eigenvalue weighted by atomic mass is 32.1. The maximum atomic E-state index is 14.1. The molecule has 0 saturated carbocycles. The van der Waals surface area contributed by atoms with Crippen LogP contribution in [0.3, 0.4) is 0 Å². The Bertz CT molecular complexity index is 864. The fourth-order valence-corrected chi connectivity index (χ4v) is 3.90. The average molecular weight is 436 g/mol. The standard InChI is InChI=1S/C21H27F2N5OS/c1-26(2)20(29)15-25-21(24-8-7-17-4-3-13-30-17)28-11-9-27(10-12-28)19-14-16(22)5-6-18(19)23/h3-6,13-14H,7-12,15H2,1-2H3,(H,24,25). The van der Waals surface area contributed by atoms with Gasteiger partial charge in [-0.1, -0.05) is 6.07 Å². The fraction of sp³-hybridized carbons (Fsp3) is 0.429. The molecule has 6 nitrogen and oxygen atoms in total. The number of guanidine groups is 1. The number of rotatable bonds is 6. The zero-order valence-electron chi connectivity index (χ0n) is 17.3. The van der Waals surface area contributed by atoms with Crippen molar-refractivity contribution in [3.63, 3.8) is 0 Å². The van der Waals surface area contributed by atoms with E-state index in [1.807, 2.05) is 16.3 Å². The maximum Gasteiger partial charge on any atom is 0.243 e. The number of hydrogen-bond donors (Lipinski definition) is 1. The molecule has 0 radical (unpaired) electrons. The second-order valence-electron chi connectivity index (χ2n) is 7.25. The number of amides is 1. The van der Waals surface area contributed by atoms with E-state index in [0.29, 0.717) is 38.7 Å². The van der Waals surface area contributed by atoms with E-state index in [0.717, 1.165) is 18.6 Å². The summed E-state index contributed by atoms with van der Waals surface area (Å²) in [6, 6.07) is 7.62. The lowest BCUT2D eigenvalue weighted by Gasteiger charge is -2.38. The molecule has 1 amide bonds. The van der Waals surface area contributed by atoms with E-state index in [-0.39, 0.29) is 18.1 Å². The number of anilines is 1. The van der Waals surface area contributed by atoms with E-state index < -0.39 is 11.6 Å². The Morgan fingerprint density at radius 3 is 2.63 bits per heavy atom. The van der Waals surface area contributed by atoms with E-state index in [1.165, 1.54) is 15.8 Å². The van der Waals surface area contributed by atoms with Crippen LogP contribution in [0.15, 0.2) is 40.7 Å². The quantitative estimate of drug-likeness (QED) is 0.559. The molecule has 1 aliphatic rings. The molecule has 1 fully saturated rings. The van der Waals surface area contributed by atoms with E-state index >= 15 is 0 Å². The minimum atomic E-state index is -0.450. The first-order valence-electron chi connectivity index (χ1n) is 9.90. The Hall–Kier alpha value is -2.68. The van der Waals surface area contributed by atoms with Gasteiger partial charge >= 0.3 is 0 Å². The molecule has 2 heterocycles. The van der Waals surface area contributed by atoms with Gasteiger partial charge in [-0.05, 0) is 30.0 Å². The maximum absolute atomic E-state index is 14.1. The number of hydrogen-bond acceptors (Lipinski definition) is 4. The molecule has 2 aromatic rings. The van der Waals surface area contributed by atoms with Crippen LogP contribution in [0.25, 0.3) is 0 Å². The smallest absolute Gasteiger partial charge is 0.243 e. The summed E-state index contributed by atoms with van der Waals surface area (Å²) in [7, 11) is 3.40. The van der Waals surface area contributed by atoms with Crippen LogP contribution in [0.5, 0.6) is 0 Å². The van der Waals surface area contributed by atoms with Crippen molar-refractivity contribution in [2.75, 3.05) is 58.3 Å².